The monoisotopic (exact) mass is 999 g/mol. The average molecular weight is 1000 g/mol. The molecule has 0 radical (unpaired) electrons. The lowest BCUT2D eigenvalue weighted by atomic mass is 9.80. The van der Waals surface area contributed by atoms with Crippen molar-refractivity contribution in [2.24, 2.45) is 0 Å². The molecule has 0 saturated heterocycles. The minimum atomic E-state index is -4.08. The van der Waals surface area contributed by atoms with E-state index < -0.39 is 28.3 Å². The first-order valence-electron chi connectivity index (χ1n) is 24.4. The number of para-hydroxylation sites is 2. The summed E-state index contributed by atoms with van der Waals surface area (Å²) in [6.07, 6.45) is 9.36. The number of fused-ring (bicyclic) bond motifs is 2. The summed E-state index contributed by atoms with van der Waals surface area (Å²) in [6.45, 7) is 14.8. The number of nitrogens with zero attached hydrogens (tertiary/aromatic N) is 2. The Morgan fingerprint density at radius 3 is 1.59 bits per heavy atom. The summed E-state index contributed by atoms with van der Waals surface area (Å²) in [7, 11) is -10.6. The van der Waals surface area contributed by atoms with Gasteiger partial charge >= 0.3 is 0 Å². The Labute approximate surface area is 421 Å². The first-order chi connectivity index (χ1) is 33.8. The summed E-state index contributed by atoms with van der Waals surface area (Å²) in [6, 6.07) is 56.0. The second kappa shape index (κ2) is 19.4. The second-order valence-electron chi connectivity index (χ2n) is 20.6. The van der Waals surface area contributed by atoms with E-state index in [1.807, 2.05) is 18.2 Å². The highest BCUT2D eigenvalue weighted by atomic mass is 32.2. The summed E-state index contributed by atoms with van der Waals surface area (Å²) in [5.41, 5.74) is 14.4. The fraction of sp³-hybridized carbons (Fsp3) is 0.250. The van der Waals surface area contributed by atoms with Crippen LogP contribution in [0.25, 0.3) is 33.7 Å². The average Bonchev–Trinajstić information content (AvgIpc) is 3.81. The summed E-state index contributed by atoms with van der Waals surface area (Å²) in [5.74, 6) is -0.575. The highest BCUT2D eigenvalue weighted by Crippen LogP contribution is 2.56. The molecule has 364 valence electrons. The fourth-order valence-electron chi connectivity index (χ4n) is 11.5. The van der Waals surface area contributed by atoms with Crippen LogP contribution in [0.15, 0.2) is 170 Å². The molecule has 3 aliphatic heterocycles. The molecule has 1 atom stereocenters. The van der Waals surface area contributed by atoms with Crippen LogP contribution in [0.3, 0.4) is 0 Å². The number of hydrogen-bond acceptors (Lipinski definition) is 5. The Kier molecular flexibility index (Phi) is 13.6. The van der Waals surface area contributed by atoms with Gasteiger partial charge in [0.05, 0.1) is 23.0 Å². The predicted molar refractivity (Wildman–Crippen MR) is 297 cm³/mol. The van der Waals surface area contributed by atoms with Crippen molar-refractivity contribution < 1.29 is 30.5 Å². The van der Waals surface area contributed by atoms with Gasteiger partial charge in [-0.05, 0) is 92.9 Å². The van der Waals surface area contributed by atoms with Crippen LogP contribution in [0.5, 0.6) is 0 Å². The highest BCUT2D eigenvalue weighted by Gasteiger charge is 2.46. The number of hydrogen-bond donors (Lipinski definition) is 2. The van der Waals surface area contributed by atoms with Crippen molar-refractivity contribution in [2.75, 3.05) is 29.5 Å². The Morgan fingerprint density at radius 1 is 0.563 bits per heavy atom. The van der Waals surface area contributed by atoms with E-state index in [9.17, 15) is 25.9 Å². The normalized spacial score (nSPS) is 18.3. The van der Waals surface area contributed by atoms with Crippen LogP contribution in [0.2, 0.25) is 13.1 Å². The van der Waals surface area contributed by atoms with E-state index in [1.54, 1.807) is 0 Å². The van der Waals surface area contributed by atoms with Crippen molar-refractivity contribution in [3.05, 3.63) is 214 Å². The third-order valence-electron chi connectivity index (χ3n) is 14.8. The predicted octanol–water partition coefficient (Wildman–Crippen LogP) is 12.8. The quantitative estimate of drug-likeness (QED) is 0.0564. The Morgan fingerprint density at radius 2 is 1.04 bits per heavy atom. The van der Waals surface area contributed by atoms with Gasteiger partial charge in [-0.2, -0.15) is 21.4 Å². The molecule has 3 heterocycles. The zero-order chi connectivity index (χ0) is 50.3. The van der Waals surface area contributed by atoms with E-state index in [0.717, 1.165) is 28.2 Å². The minimum absolute atomic E-state index is 0.0257. The molecular formula is C60H63N2O6S2Si+. The minimum Gasteiger partial charge on any atom is -0.364 e. The smallest absolute Gasteiger partial charge is 0.265 e. The van der Waals surface area contributed by atoms with Crippen LogP contribution >= 0.6 is 0 Å². The Hall–Kier alpha value is -6.21. The summed E-state index contributed by atoms with van der Waals surface area (Å²) in [5, 5.41) is 2.75. The zero-order valence-corrected chi connectivity index (χ0v) is 44.0. The van der Waals surface area contributed by atoms with Gasteiger partial charge < -0.3 is 4.90 Å². The molecule has 0 amide bonds. The molecule has 8 nitrogen and oxygen atoms in total. The fourth-order valence-corrected chi connectivity index (χ4v) is 16.3. The molecule has 0 aromatic heterocycles. The van der Waals surface area contributed by atoms with E-state index in [0.29, 0.717) is 25.9 Å². The van der Waals surface area contributed by atoms with Crippen molar-refractivity contribution in [3.8, 4) is 0 Å². The van der Waals surface area contributed by atoms with Gasteiger partial charge in [-0.3, -0.25) is 9.11 Å². The first-order valence-corrected chi connectivity index (χ1v) is 30.7. The standard InChI is InChI=1S/C60H62N2O6S2Si/c1-59(2)49-23-13-15-25-51(49)61(39-17-41-69(63,64)65)53(59)37-31-43-27-33-47(34-28-43)57-55(45-19-9-7-10-20-45)56(46-21-11-8-12-22-46)58(71(57,5)6)48-35-29-44(30-36-48)32-38-54-60(3,4)50-24-14-16-26-52(50)62(54)40-18-42-70(66,67)68/h7-16,19-38,53H,17-18,39-42H2,1-6H3,(H-,63,64,65,66,67,68)/p+1. The van der Waals surface area contributed by atoms with E-state index >= 15 is 0 Å². The topological polar surface area (TPSA) is 115 Å². The second-order valence-corrected chi connectivity index (χ2v) is 28.0. The molecule has 1 unspecified atom stereocenters. The molecule has 11 heteroatoms. The molecule has 0 spiro atoms. The van der Waals surface area contributed by atoms with Crippen LogP contribution < -0.4 is 4.90 Å². The SMILES string of the molecule is CC1(C)C(C=Cc2ccc(C3=C(c4ccccc4)C(c4ccccc4)=C(c4ccc(C=CC5N(CCCS(=O)(=O)O)c6ccccc6C5(C)C)cc4)[Si]3(C)C)cc2)=[N+](CCCS(=O)(=O)O)c2ccccc21. The third-order valence-corrected chi connectivity index (χ3v) is 20.0. The zero-order valence-electron chi connectivity index (χ0n) is 41.4. The van der Waals surface area contributed by atoms with Crippen molar-refractivity contribution in [1.82, 2.24) is 0 Å². The van der Waals surface area contributed by atoms with E-state index in [4.69, 9.17) is 0 Å². The number of allylic oxidation sites excluding steroid dienone is 3. The van der Waals surface area contributed by atoms with Gasteiger partial charge in [0.2, 0.25) is 5.69 Å². The molecule has 0 fully saturated rings. The molecule has 6 aromatic rings. The molecule has 9 rings (SSSR count). The van der Waals surface area contributed by atoms with E-state index in [-0.39, 0.29) is 28.4 Å². The van der Waals surface area contributed by atoms with Crippen LogP contribution in [0, 0.1) is 0 Å². The molecule has 6 aromatic carbocycles. The van der Waals surface area contributed by atoms with Crippen molar-refractivity contribution >= 4 is 79.1 Å². The summed E-state index contributed by atoms with van der Waals surface area (Å²) >= 11 is 0. The van der Waals surface area contributed by atoms with Crippen LogP contribution in [-0.2, 0) is 31.1 Å². The van der Waals surface area contributed by atoms with E-state index in [2.05, 4.69) is 214 Å². The van der Waals surface area contributed by atoms with Crippen LogP contribution in [0.4, 0.5) is 11.4 Å². The first kappa shape index (κ1) is 49.8. The van der Waals surface area contributed by atoms with Crippen molar-refractivity contribution in [3.63, 3.8) is 0 Å². The molecule has 3 aliphatic rings. The Balaban J connectivity index is 1.07. The van der Waals surface area contributed by atoms with Gasteiger partial charge in [-0.25, -0.2) is 0 Å². The van der Waals surface area contributed by atoms with Crippen molar-refractivity contribution in [2.45, 2.75) is 70.5 Å². The number of anilines is 1. The number of rotatable bonds is 16. The lowest BCUT2D eigenvalue weighted by molar-refractivity contribution is -0.437. The van der Waals surface area contributed by atoms with Gasteiger partial charge in [-0.1, -0.05) is 185 Å². The third kappa shape index (κ3) is 10.0. The van der Waals surface area contributed by atoms with Gasteiger partial charge in [0.1, 0.15) is 14.6 Å². The van der Waals surface area contributed by atoms with Crippen molar-refractivity contribution in [1.29, 1.82) is 0 Å². The maximum Gasteiger partial charge on any atom is 0.265 e. The molecule has 0 bridgehead atoms. The van der Waals surface area contributed by atoms with Crippen LogP contribution in [0.1, 0.15) is 85.0 Å². The molecular weight excluding hydrogens is 937 g/mol. The summed E-state index contributed by atoms with van der Waals surface area (Å²) in [4.78, 5) is 2.28. The molecule has 0 aliphatic carbocycles. The van der Waals surface area contributed by atoms with Crippen LogP contribution in [-0.4, -0.2) is 74.9 Å². The number of benzene rings is 6. The lowest BCUT2D eigenvalue weighted by Crippen LogP contribution is -2.40. The summed E-state index contributed by atoms with van der Waals surface area (Å²) < 4.78 is 67.9. The molecule has 0 saturated carbocycles. The van der Waals surface area contributed by atoms with E-state index in [1.165, 1.54) is 54.9 Å². The van der Waals surface area contributed by atoms with Gasteiger partial charge in [-0.15, -0.1) is 0 Å². The Bertz CT molecular complexity index is 3370. The van der Waals surface area contributed by atoms with Gasteiger partial charge in [0, 0.05) is 41.8 Å². The van der Waals surface area contributed by atoms with Gasteiger partial charge in [0.15, 0.2) is 5.71 Å². The molecule has 71 heavy (non-hydrogen) atoms. The maximum absolute atomic E-state index is 11.7. The largest absolute Gasteiger partial charge is 0.364 e. The maximum atomic E-state index is 11.7. The van der Waals surface area contributed by atoms with Gasteiger partial charge in [0.25, 0.3) is 20.2 Å². The molecule has 2 N–H and O–H groups in total. The lowest BCUT2D eigenvalue weighted by Gasteiger charge is -2.32. The highest BCUT2D eigenvalue weighted by molar-refractivity contribution is 7.86.